The number of aromatic nitrogens is 4. The molecule has 1 fully saturated rings. The average molecular weight is 515 g/mol. The van der Waals surface area contributed by atoms with Crippen LogP contribution in [0, 0.1) is 0 Å². The lowest BCUT2D eigenvalue weighted by molar-refractivity contribution is -0.166. The Hall–Kier alpha value is -3.51. The molecule has 0 unspecified atom stereocenters. The van der Waals surface area contributed by atoms with Crippen molar-refractivity contribution in [1.82, 2.24) is 19.5 Å². The molecule has 0 bridgehead atoms. The van der Waals surface area contributed by atoms with Crippen LogP contribution in [-0.4, -0.2) is 68.1 Å². The van der Waals surface area contributed by atoms with Gasteiger partial charge >= 0.3 is 17.9 Å². The third-order valence-electron chi connectivity index (χ3n) is 5.41. The summed E-state index contributed by atoms with van der Waals surface area (Å²) in [5.41, 5.74) is 2.25. The van der Waals surface area contributed by atoms with E-state index in [0.29, 0.717) is 16.2 Å². The molecule has 0 radical (unpaired) electrons. The number of imidazole rings is 1. The van der Waals surface area contributed by atoms with Gasteiger partial charge in [0.05, 0.1) is 6.33 Å². The van der Waals surface area contributed by atoms with Crippen LogP contribution in [0.3, 0.4) is 0 Å². The van der Waals surface area contributed by atoms with Crippen molar-refractivity contribution in [3.63, 3.8) is 0 Å². The first-order chi connectivity index (χ1) is 17.3. The van der Waals surface area contributed by atoms with Crippen molar-refractivity contribution < 1.29 is 33.3 Å². The Bertz CT molecular complexity index is 1240. The molecule has 1 aromatic carbocycles. The summed E-state index contributed by atoms with van der Waals surface area (Å²) in [5, 5.41) is 0.699. The second kappa shape index (κ2) is 11.5. The first-order valence-corrected chi connectivity index (χ1v) is 12.3. The van der Waals surface area contributed by atoms with Gasteiger partial charge in [-0.2, -0.15) is 0 Å². The van der Waals surface area contributed by atoms with Crippen LogP contribution < -0.4 is 0 Å². The first kappa shape index (κ1) is 25.6. The van der Waals surface area contributed by atoms with Gasteiger partial charge in [-0.3, -0.25) is 19.0 Å². The van der Waals surface area contributed by atoms with E-state index in [9.17, 15) is 14.4 Å². The van der Waals surface area contributed by atoms with Crippen LogP contribution >= 0.6 is 11.8 Å². The van der Waals surface area contributed by atoms with E-state index in [4.69, 9.17) is 18.9 Å². The quantitative estimate of drug-likeness (QED) is 0.181. The van der Waals surface area contributed by atoms with Crippen molar-refractivity contribution in [2.24, 2.45) is 0 Å². The summed E-state index contributed by atoms with van der Waals surface area (Å²) in [6.45, 7) is 3.55. The number of aryl methyl sites for hydroxylation is 1. The molecule has 36 heavy (non-hydrogen) atoms. The lowest BCUT2D eigenvalue weighted by Crippen LogP contribution is -2.40. The van der Waals surface area contributed by atoms with Crippen molar-refractivity contribution in [3.8, 4) is 0 Å². The topological polar surface area (TPSA) is 132 Å². The predicted molar refractivity (Wildman–Crippen MR) is 128 cm³/mol. The summed E-state index contributed by atoms with van der Waals surface area (Å²) in [7, 11) is 0. The Morgan fingerprint density at radius 1 is 0.972 bits per heavy atom. The van der Waals surface area contributed by atoms with E-state index in [1.54, 1.807) is 16.3 Å². The molecule has 0 saturated carbocycles. The average Bonchev–Trinajstić information content (AvgIpc) is 3.40. The largest absolute Gasteiger partial charge is 0.463 e. The minimum absolute atomic E-state index is 0.191. The fourth-order valence-corrected chi connectivity index (χ4v) is 4.88. The minimum Gasteiger partial charge on any atom is -0.463 e. The highest BCUT2D eigenvalue weighted by molar-refractivity contribution is 7.99. The number of esters is 3. The van der Waals surface area contributed by atoms with Gasteiger partial charge in [-0.1, -0.05) is 30.3 Å². The highest BCUT2D eigenvalue weighted by Gasteiger charge is 2.51. The number of nitrogens with zero attached hydrogens (tertiary/aromatic N) is 4. The second-order valence-corrected chi connectivity index (χ2v) is 9.19. The van der Waals surface area contributed by atoms with Crippen LogP contribution in [0.1, 0.15) is 32.6 Å². The van der Waals surface area contributed by atoms with Gasteiger partial charge in [0.15, 0.2) is 24.1 Å². The number of carbonyl (C=O) groups is 3. The van der Waals surface area contributed by atoms with E-state index in [-0.39, 0.29) is 6.61 Å². The van der Waals surface area contributed by atoms with E-state index < -0.39 is 42.4 Å². The molecule has 1 aliphatic rings. The number of rotatable bonds is 9. The number of carbonyl (C=O) groups excluding carboxylic acids is 3. The maximum atomic E-state index is 11.9. The van der Waals surface area contributed by atoms with Gasteiger partial charge < -0.3 is 18.9 Å². The van der Waals surface area contributed by atoms with Gasteiger partial charge in [0, 0.05) is 26.5 Å². The van der Waals surface area contributed by atoms with E-state index in [1.165, 1.54) is 39.0 Å². The zero-order valence-electron chi connectivity index (χ0n) is 20.0. The summed E-state index contributed by atoms with van der Waals surface area (Å²) < 4.78 is 23.7. The zero-order valence-corrected chi connectivity index (χ0v) is 20.8. The van der Waals surface area contributed by atoms with Crippen LogP contribution in [0.15, 0.2) is 48.0 Å². The Morgan fingerprint density at radius 2 is 1.69 bits per heavy atom. The highest BCUT2D eigenvalue weighted by Crippen LogP contribution is 2.36. The van der Waals surface area contributed by atoms with E-state index >= 15 is 0 Å². The normalized spacial score (nSPS) is 21.3. The zero-order chi connectivity index (χ0) is 25.7. The smallest absolute Gasteiger partial charge is 0.303 e. The van der Waals surface area contributed by atoms with Gasteiger partial charge in [0.2, 0.25) is 0 Å². The highest BCUT2D eigenvalue weighted by atomic mass is 32.2. The molecule has 0 aliphatic carbocycles. The Balaban J connectivity index is 1.60. The van der Waals surface area contributed by atoms with Crippen LogP contribution in [0.4, 0.5) is 0 Å². The SMILES string of the molecule is CC(=O)OC[C@H]1O[C@@H](n2cnc3c(SCCc4ccccc4)ncnc32)[C@H](OC(C)=O)[C@@H]1OC(C)=O. The molecular weight excluding hydrogens is 488 g/mol. The standard InChI is InChI=1S/C24H26N4O7S/c1-14(29)32-11-18-20(33-15(2)30)21(34-16(3)31)24(35-18)28-13-27-19-22(28)25-12-26-23(19)36-10-9-17-7-5-4-6-8-17/h4-8,12-13,18,20-21,24H,9-11H2,1-3H3/t18-,20-,21-,24-/m1/s1. The molecule has 12 heteroatoms. The van der Waals surface area contributed by atoms with Crippen LogP contribution in [0.5, 0.6) is 0 Å². The lowest BCUT2D eigenvalue weighted by Gasteiger charge is -2.23. The van der Waals surface area contributed by atoms with Gasteiger partial charge in [-0.15, -0.1) is 11.8 Å². The summed E-state index contributed by atoms with van der Waals surface area (Å²) in [6, 6.07) is 10.1. The van der Waals surface area contributed by atoms with Crippen molar-refractivity contribution in [2.75, 3.05) is 12.4 Å². The van der Waals surface area contributed by atoms with Crippen molar-refractivity contribution >= 4 is 40.8 Å². The third-order valence-corrected chi connectivity index (χ3v) is 6.39. The van der Waals surface area contributed by atoms with E-state index in [1.807, 2.05) is 18.2 Å². The van der Waals surface area contributed by atoms with E-state index in [0.717, 1.165) is 12.2 Å². The molecule has 1 aliphatic heterocycles. The molecule has 0 N–H and O–H groups in total. The van der Waals surface area contributed by atoms with Gasteiger partial charge in [-0.25, -0.2) is 15.0 Å². The second-order valence-electron chi connectivity index (χ2n) is 8.10. The Morgan fingerprint density at radius 3 is 2.39 bits per heavy atom. The number of hydrogen-bond acceptors (Lipinski definition) is 11. The molecule has 0 amide bonds. The number of ether oxygens (including phenoxy) is 4. The van der Waals surface area contributed by atoms with Gasteiger partial charge in [0.1, 0.15) is 29.6 Å². The van der Waals surface area contributed by atoms with Crippen molar-refractivity contribution in [2.45, 2.75) is 56.8 Å². The number of thioether (sulfide) groups is 1. The van der Waals surface area contributed by atoms with Crippen LogP contribution in [0.25, 0.3) is 11.2 Å². The molecule has 4 atom stereocenters. The maximum absolute atomic E-state index is 11.9. The number of benzene rings is 1. The van der Waals surface area contributed by atoms with Crippen molar-refractivity contribution in [1.29, 1.82) is 0 Å². The van der Waals surface area contributed by atoms with Crippen LogP contribution in [0.2, 0.25) is 0 Å². The third kappa shape index (κ3) is 6.00. The Labute approximate surface area is 211 Å². The molecule has 4 rings (SSSR count). The number of hydrogen-bond donors (Lipinski definition) is 0. The number of fused-ring (bicyclic) bond motifs is 1. The first-order valence-electron chi connectivity index (χ1n) is 11.3. The Kier molecular flexibility index (Phi) is 8.16. The summed E-state index contributed by atoms with van der Waals surface area (Å²) in [4.78, 5) is 48.3. The van der Waals surface area contributed by atoms with Crippen molar-refractivity contribution in [3.05, 3.63) is 48.5 Å². The molecule has 0 spiro atoms. The molecular formula is C24H26N4O7S. The predicted octanol–water partition coefficient (Wildman–Crippen LogP) is 2.49. The summed E-state index contributed by atoms with van der Waals surface area (Å²) >= 11 is 1.55. The fourth-order valence-electron chi connectivity index (χ4n) is 3.95. The van der Waals surface area contributed by atoms with Gasteiger partial charge in [0.25, 0.3) is 0 Å². The van der Waals surface area contributed by atoms with Crippen LogP contribution in [-0.2, 0) is 39.8 Å². The fraction of sp³-hybridized carbons (Fsp3) is 0.417. The van der Waals surface area contributed by atoms with Gasteiger partial charge in [-0.05, 0) is 12.0 Å². The monoisotopic (exact) mass is 514 g/mol. The summed E-state index contributed by atoms with van der Waals surface area (Å²) in [5.74, 6) is -0.914. The summed E-state index contributed by atoms with van der Waals surface area (Å²) in [6.07, 6.45) is -0.0165. The lowest BCUT2D eigenvalue weighted by atomic mass is 10.1. The minimum atomic E-state index is -1.02. The maximum Gasteiger partial charge on any atom is 0.303 e. The molecule has 3 aromatic rings. The molecule has 11 nitrogen and oxygen atoms in total. The van der Waals surface area contributed by atoms with E-state index in [2.05, 4.69) is 27.1 Å². The molecule has 190 valence electrons. The molecule has 2 aromatic heterocycles. The molecule has 3 heterocycles. The molecule has 1 saturated heterocycles.